The van der Waals surface area contributed by atoms with E-state index in [4.69, 9.17) is 9.47 Å². The van der Waals surface area contributed by atoms with Gasteiger partial charge in [-0.1, -0.05) is 0 Å². The van der Waals surface area contributed by atoms with Crippen molar-refractivity contribution < 1.29 is 9.47 Å². The van der Waals surface area contributed by atoms with Crippen molar-refractivity contribution in [1.29, 1.82) is 0 Å². The Balaban J connectivity index is 2.39. The smallest absolute Gasteiger partial charge is 0.126 e. The fourth-order valence-electron chi connectivity index (χ4n) is 2.03. The van der Waals surface area contributed by atoms with Crippen LogP contribution in [0.2, 0.25) is 0 Å². The van der Waals surface area contributed by atoms with Gasteiger partial charge in [-0.05, 0) is 51.1 Å². The second kappa shape index (κ2) is 6.39. The molecule has 0 N–H and O–H groups in total. The lowest BCUT2D eigenvalue weighted by molar-refractivity contribution is 0.402. The molecule has 0 amide bonds. The van der Waals surface area contributed by atoms with Crippen molar-refractivity contribution in [2.45, 2.75) is 20.8 Å². The zero-order valence-electron chi connectivity index (χ0n) is 13.1. The quantitative estimate of drug-likeness (QED) is 0.860. The second-order valence-electron chi connectivity index (χ2n) is 4.81. The van der Waals surface area contributed by atoms with E-state index < -0.39 is 0 Å². The van der Waals surface area contributed by atoms with E-state index in [0.717, 1.165) is 39.8 Å². The van der Waals surface area contributed by atoms with Crippen LogP contribution in [-0.4, -0.2) is 24.2 Å². The van der Waals surface area contributed by atoms with Gasteiger partial charge < -0.3 is 9.47 Å². The summed E-state index contributed by atoms with van der Waals surface area (Å²) in [6.07, 6.45) is 3.92. The number of methoxy groups -OCH3 is 2. The van der Waals surface area contributed by atoms with Crippen LogP contribution in [0.15, 0.2) is 18.2 Å². The van der Waals surface area contributed by atoms with E-state index >= 15 is 0 Å². The van der Waals surface area contributed by atoms with Gasteiger partial charge in [0.05, 0.1) is 37.0 Å². The molecule has 2 rings (SSSR count). The van der Waals surface area contributed by atoms with Crippen LogP contribution < -0.4 is 9.47 Å². The Labute approximate surface area is 125 Å². The van der Waals surface area contributed by atoms with Gasteiger partial charge in [-0.15, -0.1) is 0 Å². The maximum absolute atomic E-state index is 5.36. The first-order chi connectivity index (χ1) is 10.0. The third kappa shape index (κ3) is 3.40. The molecule has 1 heterocycles. The summed E-state index contributed by atoms with van der Waals surface area (Å²) in [4.78, 5) is 9.06. The predicted molar refractivity (Wildman–Crippen MR) is 84.7 cm³/mol. The third-order valence-corrected chi connectivity index (χ3v) is 3.38. The zero-order valence-corrected chi connectivity index (χ0v) is 13.1. The van der Waals surface area contributed by atoms with Crippen LogP contribution >= 0.6 is 0 Å². The third-order valence-electron chi connectivity index (χ3n) is 3.38. The second-order valence-corrected chi connectivity index (χ2v) is 4.81. The largest absolute Gasteiger partial charge is 0.497 e. The number of rotatable bonds is 4. The van der Waals surface area contributed by atoms with Crippen molar-refractivity contribution >= 4 is 12.2 Å². The zero-order chi connectivity index (χ0) is 15.4. The van der Waals surface area contributed by atoms with E-state index in [-0.39, 0.29) is 0 Å². The SMILES string of the molecule is COc1ccc(OC)c(C=Cc2nc(C)c(C)nc2C)c1. The summed E-state index contributed by atoms with van der Waals surface area (Å²) in [6.45, 7) is 5.89. The monoisotopic (exact) mass is 284 g/mol. The molecular weight excluding hydrogens is 264 g/mol. The molecule has 2 aromatic rings. The molecule has 110 valence electrons. The lowest BCUT2D eigenvalue weighted by Crippen LogP contribution is -1.98. The number of hydrogen-bond acceptors (Lipinski definition) is 4. The number of ether oxygens (including phenoxy) is 2. The van der Waals surface area contributed by atoms with Gasteiger partial charge in [-0.2, -0.15) is 0 Å². The summed E-state index contributed by atoms with van der Waals surface area (Å²) in [5, 5.41) is 0. The normalized spacial score (nSPS) is 10.9. The molecule has 0 unspecified atom stereocenters. The van der Waals surface area contributed by atoms with Crippen LogP contribution in [0.25, 0.3) is 12.2 Å². The van der Waals surface area contributed by atoms with Crippen molar-refractivity contribution in [1.82, 2.24) is 9.97 Å². The van der Waals surface area contributed by atoms with Crippen LogP contribution in [0.4, 0.5) is 0 Å². The Hall–Kier alpha value is -2.36. The van der Waals surface area contributed by atoms with Gasteiger partial charge in [0.25, 0.3) is 0 Å². The average molecular weight is 284 g/mol. The van der Waals surface area contributed by atoms with Gasteiger partial charge in [0.2, 0.25) is 0 Å². The molecule has 0 aliphatic carbocycles. The van der Waals surface area contributed by atoms with Crippen molar-refractivity contribution in [2.75, 3.05) is 14.2 Å². The average Bonchev–Trinajstić information content (AvgIpc) is 2.49. The van der Waals surface area contributed by atoms with E-state index in [1.807, 2.05) is 51.1 Å². The van der Waals surface area contributed by atoms with E-state index in [0.29, 0.717) is 0 Å². The standard InChI is InChI=1S/C17H20N2O2/c1-11-12(2)19-16(13(3)18-11)8-6-14-10-15(20-4)7-9-17(14)21-5/h6-10H,1-5H3. The van der Waals surface area contributed by atoms with Gasteiger partial charge in [-0.3, -0.25) is 4.98 Å². The molecule has 0 radical (unpaired) electrons. The van der Waals surface area contributed by atoms with Gasteiger partial charge >= 0.3 is 0 Å². The molecule has 0 aliphatic rings. The summed E-state index contributed by atoms with van der Waals surface area (Å²) in [5.74, 6) is 1.58. The molecule has 0 bridgehead atoms. The van der Waals surface area contributed by atoms with E-state index in [1.54, 1.807) is 14.2 Å². The van der Waals surface area contributed by atoms with E-state index in [9.17, 15) is 0 Å². The Morgan fingerprint density at radius 3 is 2.24 bits per heavy atom. The minimum atomic E-state index is 0.790. The first-order valence-corrected chi connectivity index (χ1v) is 6.77. The summed E-state index contributed by atoms with van der Waals surface area (Å²) in [6, 6.07) is 5.69. The summed E-state index contributed by atoms with van der Waals surface area (Å²) < 4.78 is 10.6. The van der Waals surface area contributed by atoms with Crippen molar-refractivity contribution in [2.24, 2.45) is 0 Å². The van der Waals surface area contributed by atoms with Gasteiger partial charge in [-0.25, -0.2) is 4.98 Å². The first-order valence-electron chi connectivity index (χ1n) is 6.77. The molecule has 0 atom stereocenters. The number of hydrogen-bond donors (Lipinski definition) is 0. The fraction of sp³-hybridized carbons (Fsp3) is 0.294. The lowest BCUT2D eigenvalue weighted by Gasteiger charge is -2.08. The molecule has 0 fully saturated rings. The molecule has 1 aromatic carbocycles. The first kappa shape index (κ1) is 15.0. The predicted octanol–water partition coefficient (Wildman–Crippen LogP) is 3.59. The molecule has 0 aliphatic heterocycles. The molecular formula is C17H20N2O2. The molecule has 4 nitrogen and oxygen atoms in total. The molecule has 0 saturated carbocycles. The highest BCUT2D eigenvalue weighted by Crippen LogP contribution is 2.26. The van der Waals surface area contributed by atoms with Gasteiger partial charge in [0.1, 0.15) is 11.5 Å². The van der Waals surface area contributed by atoms with E-state index in [2.05, 4.69) is 9.97 Å². The van der Waals surface area contributed by atoms with Crippen molar-refractivity contribution in [3.05, 3.63) is 46.5 Å². The van der Waals surface area contributed by atoms with Crippen molar-refractivity contribution in [3.8, 4) is 11.5 Å². The van der Waals surface area contributed by atoms with Crippen LogP contribution in [0, 0.1) is 20.8 Å². The van der Waals surface area contributed by atoms with Gasteiger partial charge in [0.15, 0.2) is 0 Å². The van der Waals surface area contributed by atoms with Crippen LogP contribution in [0.3, 0.4) is 0 Å². The Morgan fingerprint density at radius 2 is 1.57 bits per heavy atom. The van der Waals surface area contributed by atoms with Crippen LogP contribution in [-0.2, 0) is 0 Å². The van der Waals surface area contributed by atoms with Gasteiger partial charge in [0, 0.05) is 5.56 Å². The van der Waals surface area contributed by atoms with E-state index in [1.165, 1.54) is 0 Å². The minimum Gasteiger partial charge on any atom is -0.497 e. The highest BCUT2D eigenvalue weighted by Gasteiger charge is 2.05. The maximum atomic E-state index is 5.36. The maximum Gasteiger partial charge on any atom is 0.126 e. The molecule has 0 saturated heterocycles. The number of benzene rings is 1. The fourth-order valence-corrected chi connectivity index (χ4v) is 2.03. The topological polar surface area (TPSA) is 44.2 Å². The van der Waals surface area contributed by atoms with Crippen LogP contribution in [0.5, 0.6) is 11.5 Å². The lowest BCUT2D eigenvalue weighted by atomic mass is 10.1. The Bertz CT molecular complexity index is 679. The summed E-state index contributed by atoms with van der Waals surface area (Å²) >= 11 is 0. The van der Waals surface area contributed by atoms with Crippen LogP contribution in [0.1, 0.15) is 28.3 Å². The summed E-state index contributed by atoms with van der Waals surface area (Å²) in [7, 11) is 3.30. The molecule has 1 aromatic heterocycles. The molecule has 21 heavy (non-hydrogen) atoms. The highest BCUT2D eigenvalue weighted by molar-refractivity contribution is 5.72. The Kier molecular flexibility index (Phi) is 4.58. The Morgan fingerprint density at radius 1 is 0.857 bits per heavy atom. The molecule has 0 spiro atoms. The number of aromatic nitrogens is 2. The number of nitrogens with zero attached hydrogens (tertiary/aromatic N) is 2. The molecule has 4 heteroatoms. The summed E-state index contributed by atoms with van der Waals surface area (Å²) in [5.41, 5.74) is 4.62. The van der Waals surface area contributed by atoms with Crippen molar-refractivity contribution in [3.63, 3.8) is 0 Å². The highest BCUT2D eigenvalue weighted by atomic mass is 16.5. The number of aryl methyl sites for hydroxylation is 3. The minimum absolute atomic E-state index is 0.790.